The smallest absolute Gasteiger partial charge is 0.431 e. The first kappa shape index (κ1) is 21.2. The molecule has 31 heavy (non-hydrogen) atoms. The Kier molecular flexibility index (Phi) is 5.88. The SMILES string of the molecule is COCCO[C@H]1COc2cc(F)ccc2C1C=Nc1ncnc2[nH]c(C(F)(F)F)cc12. The fraction of sp³-hybridized carbons (Fsp3) is 0.350. The molecular formula is C20H18F4N4O3. The molecule has 2 aromatic heterocycles. The van der Waals surface area contributed by atoms with Crippen molar-refractivity contribution >= 4 is 23.1 Å². The predicted octanol–water partition coefficient (Wildman–Crippen LogP) is 4.03. The molecule has 0 radical (unpaired) electrons. The van der Waals surface area contributed by atoms with Gasteiger partial charge in [0.1, 0.15) is 41.9 Å². The summed E-state index contributed by atoms with van der Waals surface area (Å²) in [5, 5.41) is 0.134. The maximum atomic E-state index is 13.6. The van der Waals surface area contributed by atoms with Gasteiger partial charge in [0, 0.05) is 25.0 Å². The molecule has 3 aromatic rings. The fourth-order valence-corrected chi connectivity index (χ4v) is 3.33. The van der Waals surface area contributed by atoms with E-state index in [1.54, 1.807) is 13.2 Å². The Hall–Kier alpha value is -3.05. The van der Waals surface area contributed by atoms with Crippen LogP contribution in [0.15, 0.2) is 35.6 Å². The number of aromatic nitrogens is 3. The standard InChI is InChI=1S/C20H18F4N4O3/c1-29-4-5-30-16-9-31-15-6-11(21)2-3-12(15)14(16)8-25-18-13-7-17(20(22,23)24)28-19(13)27-10-26-18/h2-3,6-8,10,14,16H,4-5,9H2,1H3,(H,26,27,28)/t14?,16-/m0/s1. The number of fused-ring (bicyclic) bond motifs is 2. The Morgan fingerprint density at radius 2 is 2.10 bits per heavy atom. The van der Waals surface area contributed by atoms with Crippen molar-refractivity contribution in [1.29, 1.82) is 0 Å². The highest BCUT2D eigenvalue weighted by Gasteiger charge is 2.34. The van der Waals surface area contributed by atoms with Gasteiger partial charge in [-0.05, 0) is 12.1 Å². The number of methoxy groups -OCH3 is 1. The van der Waals surface area contributed by atoms with Gasteiger partial charge in [-0.15, -0.1) is 0 Å². The summed E-state index contributed by atoms with van der Waals surface area (Å²) in [4.78, 5) is 14.4. The van der Waals surface area contributed by atoms with Crippen molar-refractivity contribution in [2.75, 3.05) is 26.9 Å². The largest absolute Gasteiger partial charge is 0.490 e. The number of hydrogen-bond acceptors (Lipinski definition) is 6. The molecular weight excluding hydrogens is 420 g/mol. The van der Waals surface area contributed by atoms with Crippen LogP contribution in [0.5, 0.6) is 5.75 Å². The molecule has 0 spiro atoms. The van der Waals surface area contributed by atoms with Crippen LogP contribution in [-0.2, 0) is 15.7 Å². The topological polar surface area (TPSA) is 81.6 Å². The highest BCUT2D eigenvalue weighted by atomic mass is 19.4. The molecule has 2 atom stereocenters. The molecule has 1 aromatic carbocycles. The number of nitrogens with one attached hydrogen (secondary N) is 1. The number of ether oxygens (including phenoxy) is 3. The lowest BCUT2D eigenvalue weighted by Gasteiger charge is -2.31. The van der Waals surface area contributed by atoms with Gasteiger partial charge in [0.2, 0.25) is 0 Å². The van der Waals surface area contributed by atoms with E-state index in [-0.39, 0.29) is 23.5 Å². The van der Waals surface area contributed by atoms with E-state index in [9.17, 15) is 17.6 Å². The van der Waals surface area contributed by atoms with Gasteiger partial charge in [-0.3, -0.25) is 0 Å². The molecule has 164 valence electrons. The van der Waals surface area contributed by atoms with Crippen molar-refractivity contribution in [1.82, 2.24) is 15.0 Å². The Balaban J connectivity index is 1.69. The van der Waals surface area contributed by atoms with Crippen LogP contribution in [0.3, 0.4) is 0 Å². The van der Waals surface area contributed by atoms with Crippen LogP contribution in [0.2, 0.25) is 0 Å². The summed E-state index contributed by atoms with van der Waals surface area (Å²) in [5.74, 6) is -0.454. The summed E-state index contributed by atoms with van der Waals surface area (Å²) in [6.45, 7) is 0.820. The van der Waals surface area contributed by atoms with Gasteiger partial charge in [0.15, 0.2) is 5.82 Å². The van der Waals surface area contributed by atoms with Gasteiger partial charge >= 0.3 is 6.18 Å². The molecule has 0 saturated carbocycles. The first-order valence-electron chi connectivity index (χ1n) is 9.34. The summed E-state index contributed by atoms with van der Waals surface area (Å²) >= 11 is 0. The van der Waals surface area contributed by atoms with Gasteiger partial charge in [-0.25, -0.2) is 19.4 Å². The molecule has 0 aliphatic carbocycles. The molecule has 7 nitrogen and oxygen atoms in total. The van der Waals surface area contributed by atoms with E-state index in [2.05, 4.69) is 19.9 Å². The van der Waals surface area contributed by atoms with E-state index in [0.29, 0.717) is 24.5 Å². The Morgan fingerprint density at radius 3 is 2.87 bits per heavy atom. The molecule has 0 amide bonds. The minimum absolute atomic E-state index is 0.0248. The molecule has 1 unspecified atom stereocenters. The van der Waals surface area contributed by atoms with Gasteiger partial charge in [-0.2, -0.15) is 13.2 Å². The van der Waals surface area contributed by atoms with Crippen LogP contribution in [0.4, 0.5) is 23.4 Å². The normalized spacial score (nSPS) is 19.0. The number of alkyl halides is 3. The molecule has 1 N–H and O–H groups in total. The number of H-pyrrole nitrogens is 1. The molecule has 11 heteroatoms. The quantitative estimate of drug-likeness (QED) is 0.357. The van der Waals surface area contributed by atoms with Gasteiger partial charge in [0.05, 0.1) is 24.5 Å². The van der Waals surface area contributed by atoms with Crippen molar-refractivity contribution in [3.8, 4) is 5.75 Å². The molecule has 3 heterocycles. The zero-order valence-corrected chi connectivity index (χ0v) is 16.3. The third kappa shape index (κ3) is 4.52. The first-order chi connectivity index (χ1) is 14.9. The van der Waals surface area contributed by atoms with E-state index in [1.807, 2.05) is 0 Å². The summed E-state index contributed by atoms with van der Waals surface area (Å²) in [6, 6.07) is 5.06. The summed E-state index contributed by atoms with van der Waals surface area (Å²) in [5.41, 5.74) is -0.266. The molecule has 1 aliphatic heterocycles. The van der Waals surface area contributed by atoms with Crippen LogP contribution in [0.25, 0.3) is 11.0 Å². The summed E-state index contributed by atoms with van der Waals surface area (Å²) < 4.78 is 69.2. The van der Waals surface area contributed by atoms with Gasteiger partial charge in [-0.1, -0.05) is 6.07 Å². The molecule has 0 fully saturated rings. The van der Waals surface area contributed by atoms with E-state index in [0.717, 1.165) is 12.4 Å². The van der Waals surface area contributed by atoms with Crippen LogP contribution < -0.4 is 4.74 Å². The fourth-order valence-electron chi connectivity index (χ4n) is 3.33. The number of hydrogen-bond donors (Lipinski definition) is 1. The van der Waals surface area contributed by atoms with Gasteiger partial charge in [0.25, 0.3) is 0 Å². The predicted molar refractivity (Wildman–Crippen MR) is 103 cm³/mol. The second kappa shape index (κ2) is 8.60. The lowest BCUT2D eigenvalue weighted by Crippen LogP contribution is -2.35. The molecule has 4 rings (SSSR count). The molecule has 0 saturated heterocycles. The van der Waals surface area contributed by atoms with E-state index >= 15 is 0 Å². The second-order valence-corrected chi connectivity index (χ2v) is 6.84. The minimum atomic E-state index is -4.55. The van der Waals surface area contributed by atoms with E-state index in [1.165, 1.54) is 18.3 Å². The van der Waals surface area contributed by atoms with Crippen LogP contribution >= 0.6 is 0 Å². The first-order valence-corrected chi connectivity index (χ1v) is 9.34. The highest BCUT2D eigenvalue weighted by molar-refractivity contribution is 5.88. The number of nitrogens with zero attached hydrogens (tertiary/aromatic N) is 3. The Morgan fingerprint density at radius 1 is 1.26 bits per heavy atom. The number of halogens is 4. The zero-order chi connectivity index (χ0) is 22.0. The second-order valence-electron chi connectivity index (χ2n) is 6.84. The Labute approximate surface area is 174 Å². The lowest BCUT2D eigenvalue weighted by molar-refractivity contribution is -0.140. The maximum absolute atomic E-state index is 13.6. The van der Waals surface area contributed by atoms with Crippen molar-refractivity contribution in [2.24, 2.45) is 4.99 Å². The molecule has 0 bridgehead atoms. The van der Waals surface area contributed by atoms with Crippen LogP contribution in [-0.4, -0.2) is 54.2 Å². The Bertz CT molecular complexity index is 1100. The number of rotatable bonds is 6. The number of aromatic amines is 1. The monoisotopic (exact) mass is 438 g/mol. The van der Waals surface area contributed by atoms with E-state index in [4.69, 9.17) is 14.2 Å². The average molecular weight is 438 g/mol. The summed E-state index contributed by atoms with van der Waals surface area (Å²) in [7, 11) is 1.55. The lowest BCUT2D eigenvalue weighted by atomic mass is 9.91. The van der Waals surface area contributed by atoms with Crippen molar-refractivity contribution in [3.63, 3.8) is 0 Å². The molecule has 1 aliphatic rings. The zero-order valence-electron chi connectivity index (χ0n) is 16.3. The van der Waals surface area contributed by atoms with Crippen molar-refractivity contribution in [2.45, 2.75) is 18.2 Å². The number of benzene rings is 1. The van der Waals surface area contributed by atoms with E-state index < -0.39 is 29.7 Å². The van der Waals surface area contributed by atoms with Crippen molar-refractivity contribution in [3.05, 3.63) is 47.7 Å². The third-order valence-electron chi connectivity index (χ3n) is 4.83. The highest BCUT2D eigenvalue weighted by Crippen LogP contribution is 2.36. The van der Waals surface area contributed by atoms with Crippen LogP contribution in [0, 0.1) is 5.82 Å². The summed E-state index contributed by atoms with van der Waals surface area (Å²) in [6.07, 6.45) is -2.35. The van der Waals surface area contributed by atoms with Crippen molar-refractivity contribution < 1.29 is 31.8 Å². The van der Waals surface area contributed by atoms with Crippen LogP contribution in [0.1, 0.15) is 17.2 Å². The maximum Gasteiger partial charge on any atom is 0.431 e. The van der Waals surface area contributed by atoms with Gasteiger partial charge < -0.3 is 19.2 Å². The minimum Gasteiger partial charge on any atom is -0.490 e. The number of aliphatic imine (C=N–C) groups is 1. The average Bonchev–Trinajstić information content (AvgIpc) is 3.18. The third-order valence-corrected chi connectivity index (χ3v) is 4.83.